The Kier molecular flexibility index (Phi) is 6.74. The van der Waals surface area contributed by atoms with E-state index in [9.17, 15) is 9.59 Å². The molecule has 4 nitrogen and oxygen atoms in total. The van der Waals surface area contributed by atoms with Crippen molar-refractivity contribution in [3.05, 3.63) is 102 Å². The molecule has 0 bridgehead atoms. The van der Waals surface area contributed by atoms with E-state index in [1.54, 1.807) is 18.2 Å². The predicted molar refractivity (Wildman–Crippen MR) is 113 cm³/mol. The summed E-state index contributed by atoms with van der Waals surface area (Å²) in [6.45, 7) is 0.739. The lowest BCUT2D eigenvalue weighted by molar-refractivity contribution is -0.116. The van der Waals surface area contributed by atoms with Crippen molar-refractivity contribution in [2.75, 3.05) is 13.1 Å². The first kappa shape index (κ1) is 19.1. The standard InChI is InChI=1S/C24H22N2O2/c27-23(25-16-17-26-24(28)21-11-5-2-6-12-21)15-14-19-8-7-13-22(18-19)20-9-3-1-4-10-20/h1-15,18H,16-17H2,(H,25,27)(H,26,28)/b15-14+. The second kappa shape index (κ2) is 9.88. The summed E-state index contributed by atoms with van der Waals surface area (Å²) in [6, 6.07) is 27.1. The maximum Gasteiger partial charge on any atom is 0.251 e. The average molecular weight is 370 g/mol. The molecule has 2 N–H and O–H groups in total. The second-order valence-electron chi connectivity index (χ2n) is 6.24. The van der Waals surface area contributed by atoms with Gasteiger partial charge in [0.25, 0.3) is 5.91 Å². The van der Waals surface area contributed by atoms with Crippen LogP contribution in [0.3, 0.4) is 0 Å². The van der Waals surface area contributed by atoms with Crippen LogP contribution in [0.25, 0.3) is 17.2 Å². The van der Waals surface area contributed by atoms with E-state index in [-0.39, 0.29) is 11.8 Å². The van der Waals surface area contributed by atoms with Gasteiger partial charge in [0.05, 0.1) is 0 Å². The lowest BCUT2D eigenvalue weighted by Crippen LogP contribution is -2.33. The van der Waals surface area contributed by atoms with E-state index in [2.05, 4.69) is 22.8 Å². The molecule has 2 amide bonds. The van der Waals surface area contributed by atoms with Gasteiger partial charge in [0, 0.05) is 24.7 Å². The first-order valence-electron chi connectivity index (χ1n) is 9.17. The molecule has 0 aliphatic rings. The molecule has 0 spiro atoms. The molecule has 3 aromatic rings. The minimum Gasteiger partial charge on any atom is -0.351 e. The number of amides is 2. The summed E-state index contributed by atoms with van der Waals surface area (Å²) in [4.78, 5) is 23.9. The Morgan fingerprint density at radius 3 is 2.11 bits per heavy atom. The Hall–Kier alpha value is -3.66. The molecule has 0 fully saturated rings. The molecular formula is C24H22N2O2. The molecule has 0 aliphatic heterocycles. The molecule has 3 aromatic carbocycles. The van der Waals surface area contributed by atoms with Crippen LogP contribution in [0.15, 0.2) is 91.0 Å². The van der Waals surface area contributed by atoms with Crippen molar-refractivity contribution >= 4 is 17.9 Å². The Bertz CT molecular complexity index is 951. The summed E-state index contributed by atoms with van der Waals surface area (Å²) in [7, 11) is 0. The van der Waals surface area contributed by atoms with Crippen LogP contribution in [0.1, 0.15) is 15.9 Å². The van der Waals surface area contributed by atoms with Gasteiger partial charge in [-0.3, -0.25) is 9.59 Å². The van der Waals surface area contributed by atoms with Gasteiger partial charge < -0.3 is 10.6 Å². The largest absolute Gasteiger partial charge is 0.351 e. The van der Waals surface area contributed by atoms with E-state index in [0.29, 0.717) is 18.7 Å². The highest BCUT2D eigenvalue weighted by atomic mass is 16.2. The van der Waals surface area contributed by atoms with E-state index >= 15 is 0 Å². The molecule has 0 atom stereocenters. The fourth-order valence-corrected chi connectivity index (χ4v) is 2.74. The lowest BCUT2D eigenvalue weighted by Gasteiger charge is -2.06. The molecule has 0 heterocycles. The number of hydrogen-bond acceptors (Lipinski definition) is 2. The van der Waals surface area contributed by atoms with Crippen molar-refractivity contribution in [1.29, 1.82) is 0 Å². The molecule has 0 radical (unpaired) electrons. The molecular weight excluding hydrogens is 348 g/mol. The normalized spacial score (nSPS) is 10.6. The maximum atomic E-state index is 12.0. The fraction of sp³-hybridized carbons (Fsp3) is 0.0833. The van der Waals surface area contributed by atoms with Gasteiger partial charge in [-0.25, -0.2) is 0 Å². The summed E-state index contributed by atoms with van der Waals surface area (Å²) in [5.74, 6) is -0.345. The Morgan fingerprint density at radius 2 is 1.36 bits per heavy atom. The number of rotatable bonds is 7. The van der Waals surface area contributed by atoms with Crippen LogP contribution in [0.2, 0.25) is 0 Å². The summed E-state index contributed by atoms with van der Waals surface area (Å²) in [6.07, 6.45) is 3.29. The highest BCUT2D eigenvalue weighted by molar-refractivity contribution is 5.94. The number of benzene rings is 3. The number of carbonyl (C=O) groups excluding carboxylic acids is 2. The molecule has 0 saturated heterocycles. The SMILES string of the molecule is O=C(/C=C/c1cccc(-c2ccccc2)c1)NCCNC(=O)c1ccccc1. The molecule has 0 saturated carbocycles. The minimum atomic E-state index is -0.195. The topological polar surface area (TPSA) is 58.2 Å². The summed E-state index contributed by atoms with van der Waals surface area (Å²) in [5, 5.41) is 5.54. The second-order valence-corrected chi connectivity index (χ2v) is 6.24. The van der Waals surface area contributed by atoms with Crippen LogP contribution in [0, 0.1) is 0 Å². The van der Waals surface area contributed by atoms with E-state index < -0.39 is 0 Å². The van der Waals surface area contributed by atoms with Gasteiger partial charge in [-0.1, -0.05) is 66.7 Å². The fourth-order valence-electron chi connectivity index (χ4n) is 2.74. The quantitative estimate of drug-likeness (QED) is 0.489. The zero-order chi connectivity index (χ0) is 19.6. The van der Waals surface area contributed by atoms with E-state index in [0.717, 1.165) is 16.7 Å². The van der Waals surface area contributed by atoms with E-state index in [4.69, 9.17) is 0 Å². The first-order valence-corrected chi connectivity index (χ1v) is 9.17. The van der Waals surface area contributed by atoms with Crippen LogP contribution >= 0.6 is 0 Å². The van der Waals surface area contributed by atoms with Crippen molar-refractivity contribution in [3.63, 3.8) is 0 Å². The van der Waals surface area contributed by atoms with Gasteiger partial charge in [0.1, 0.15) is 0 Å². The maximum absolute atomic E-state index is 12.0. The third kappa shape index (κ3) is 5.68. The van der Waals surface area contributed by atoms with Gasteiger partial charge in [-0.15, -0.1) is 0 Å². The number of hydrogen-bond donors (Lipinski definition) is 2. The van der Waals surface area contributed by atoms with Crippen molar-refractivity contribution < 1.29 is 9.59 Å². The molecule has 4 heteroatoms. The van der Waals surface area contributed by atoms with E-state index in [1.165, 1.54) is 6.08 Å². The monoisotopic (exact) mass is 370 g/mol. The van der Waals surface area contributed by atoms with Crippen LogP contribution in [-0.4, -0.2) is 24.9 Å². The zero-order valence-corrected chi connectivity index (χ0v) is 15.5. The third-order valence-corrected chi connectivity index (χ3v) is 4.17. The summed E-state index contributed by atoms with van der Waals surface area (Å²) >= 11 is 0. The number of carbonyl (C=O) groups is 2. The smallest absolute Gasteiger partial charge is 0.251 e. The van der Waals surface area contributed by atoms with Crippen molar-refractivity contribution in [2.45, 2.75) is 0 Å². The van der Waals surface area contributed by atoms with Gasteiger partial charge in [0.2, 0.25) is 5.91 Å². The van der Waals surface area contributed by atoms with Crippen LogP contribution in [-0.2, 0) is 4.79 Å². The van der Waals surface area contributed by atoms with Crippen LogP contribution in [0.5, 0.6) is 0 Å². The third-order valence-electron chi connectivity index (χ3n) is 4.17. The summed E-state index contributed by atoms with van der Waals surface area (Å²) < 4.78 is 0. The van der Waals surface area contributed by atoms with Crippen LogP contribution in [0.4, 0.5) is 0 Å². The van der Waals surface area contributed by atoms with Gasteiger partial charge in [0.15, 0.2) is 0 Å². The van der Waals surface area contributed by atoms with Gasteiger partial charge in [-0.05, 0) is 41.0 Å². The molecule has 0 aliphatic carbocycles. The zero-order valence-electron chi connectivity index (χ0n) is 15.5. The molecule has 28 heavy (non-hydrogen) atoms. The lowest BCUT2D eigenvalue weighted by atomic mass is 10.0. The Labute approximate surface area is 164 Å². The Morgan fingerprint density at radius 1 is 0.714 bits per heavy atom. The highest BCUT2D eigenvalue weighted by Crippen LogP contribution is 2.20. The Balaban J connectivity index is 1.46. The average Bonchev–Trinajstić information content (AvgIpc) is 2.76. The molecule has 140 valence electrons. The van der Waals surface area contributed by atoms with Crippen molar-refractivity contribution in [3.8, 4) is 11.1 Å². The van der Waals surface area contributed by atoms with Crippen LogP contribution < -0.4 is 10.6 Å². The van der Waals surface area contributed by atoms with Gasteiger partial charge >= 0.3 is 0 Å². The molecule has 0 aromatic heterocycles. The van der Waals surface area contributed by atoms with Gasteiger partial charge in [-0.2, -0.15) is 0 Å². The molecule has 3 rings (SSSR count). The molecule has 0 unspecified atom stereocenters. The minimum absolute atomic E-state index is 0.150. The summed E-state index contributed by atoms with van der Waals surface area (Å²) in [5.41, 5.74) is 3.80. The number of nitrogens with one attached hydrogen (secondary N) is 2. The van der Waals surface area contributed by atoms with Crippen molar-refractivity contribution in [1.82, 2.24) is 10.6 Å². The van der Waals surface area contributed by atoms with E-state index in [1.807, 2.05) is 60.7 Å². The highest BCUT2D eigenvalue weighted by Gasteiger charge is 2.03. The predicted octanol–water partition coefficient (Wildman–Crippen LogP) is 3.91. The first-order chi connectivity index (χ1) is 13.7. The van der Waals surface area contributed by atoms with Crippen molar-refractivity contribution in [2.24, 2.45) is 0 Å².